The van der Waals surface area contributed by atoms with E-state index in [0.29, 0.717) is 22.5 Å². The molecule has 3 heterocycles. The highest BCUT2D eigenvalue weighted by atomic mass is 19.4. The first-order valence-electron chi connectivity index (χ1n) is 9.15. The first kappa shape index (κ1) is 17.7. The molecule has 4 aromatic rings. The highest BCUT2D eigenvalue weighted by Gasteiger charge is 2.30. The number of hydrogen-bond acceptors (Lipinski definition) is 3. The van der Waals surface area contributed by atoms with Gasteiger partial charge in [-0.2, -0.15) is 13.2 Å². The summed E-state index contributed by atoms with van der Waals surface area (Å²) in [5.74, 6) is -0.228. The van der Waals surface area contributed by atoms with E-state index >= 15 is 0 Å². The number of carbonyl (C=O) groups is 1. The Kier molecular flexibility index (Phi) is 3.84. The van der Waals surface area contributed by atoms with Crippen molar-refractivity contribution in [2.45, 2.75) is 25.1 Å². The van der Waals surface area contributed by atoms with E-state index in [2.05, 4.69) is 15.3 Å². The summed E-state index contributed by atoms with van der Waals surface area (Å²) < 4.78 is 40.5. The van der Waals surface area contributed by atoms with E-state index in [1.54, 1.807) is 29.1 Å². The molecule has 5 nitrogen and oxygen atoms in total. The van der Waals surface area contributed by atoms with Crippen LogP contribution in [0.15, 0.2) is 54.9 Å². The second-order valence-corrected chi connectivity index (χ2v) is 7.09. The molecule has 1 aromatic carbocycles. The third kappa shape index (κ3) is 3.10. The van der Waals surface area contributed by atoms with E-state index < -0.39 is 11.7 Å². The van der Waals surface area contributed by atoms with Gasteiger partial charge in [0.05, 0.1) is 17.3 Å². The first-order chi connectivity index (χ1) is 13.9. The van der Waals surface area contributed by atoms with Gasteiger partial charge >= 0.3 is 6.18 Å². The predicted octanol–water partition coefficient (Wildman–Crippen LogP) is 4.48. The maximum atomic E-state index is 12.9. The number of hydrogen-bond donors (Lipinski definition) is 1. The molecular formula is C21H15F3N4O. The van der Waals surface area contributed by atoms with Gasteiger partial charge in [0, 0.05) is 28.7 Å². The number of rotatable bonds is 3. The van der Waals surface area contributed by atoms with Crippen LogP contribution in [0.25, 0.3) is 27.6 Å². The van der Waals surface area contributed by atoms with E-state index in [1.165, 1.54) is 12.1 Å². The van der Waals surface area contributed by atoms with Crippen molar-refractivity contribution in [3.63, 3.8) is 0 Å². The van der Waals surface area contributed by atoms with Crippen LogP contribution in [0.5, 0.6) is 0 Å². The number of nitrogens with one attached hydrogen (secondary N) is 1. The van der Waals surface area contributed by atoms with Crippen LogP contribution in [0.3, 0.4) is 0 Å². The third-order valence-electron chi connectivity index (χ3n) is 5.01. The molecule has 0 unspecified atom stereocenters. The minimum atomic E-state index is -4.40. The van der Waals surface area contributed by atoms with Crippen molar-refractivity contribution in [1.82, 2.24) is 19.9 Å². The molecule has 1 N–H and O–H groups in total. The van der Waals surface area contributed by atoms with Crippen molar-refractivity contribution in [2.24, 2.45) is 0 Å². The Labute approximate surface area is 163 Å². The lowest BCUT2D eigenvalue weighted by atomic mass is 10.2. The highest BCUT2D eigenvalue weighted by Crippen LogP contribution is 2.33. The summed E-state index contributed by atoms with van der Waals surface area (Å²) in [7, 11) is 0. The Hall–Kier alpha value is -3.42. The zero-order valence-electron chi connectivity index (χ0n) is 15.1. The molecule has 0 radical (unpaired) electrons. The van der Waals surface area contributed by atoms with Gasteiger partial charge < -0.3 is 5.32 Å². The second kappa shape index (κ2) is 6.30. The van der Waals surface area contributed by atoms with Crippen molar-refractivity contribution < 1.29 is 18.0 Å². The third-order valence-corrected chi connectivity index (χ3v) is 5.01. The highest BCUT2D eigenvalue weighted by molar-refractivity contribution is 6.09. The van der Waals surface area contributed by atoms with Crippen LogP contribution in [0.1, 0.15) is 28.9 Å². The van der Waals surface area contributed by atoms with Crippen molar-refractivity contribution >= 4 is 27.8 Å². The fraction of sp³-hybridized carbons (Fsp3) is 0.190. The van der Waals surface area contributed by atoms with Crippen molar-refractivity contribution in [1.29, 1.82) is 0 Å². The normalized spacial score (nSPS) is 14.4. The van der Waals surface area contributed by atoms with E-state index in [4.69, 9.17) is 0 Å². The van der Waals surface area contributed by atoms with Gasteiger partial charge in [-0.05, 0) is 55.3 Å². The molecule has 0 aliphatic heterocycles. The Morgan fingerprint density at radius 1 is 1.07 bits per heavy atom. The molecule has 0 spiro atoms. The van der Waals surface area contributed by atoms with E-state index in [-0.39, 0.29) is 11.9 Å². The fourth-order valence-electron chi connectivity index (χ4n) is 3.41. The number of benzene rings is 1. The summed E-state index contributed by atoms with van der Waals surface area (Å²) >= 11 is 0. The van der Waals surface area contributed by atoms with Gasteiger partial charge in [0.25, 0.3) is 5.91 Å². The summed E-state index contributed by atoms with van der Waals surface area (Å²) in [6, 6.07) is 10.5. The number of halogens is 3. The van der Waals surface area contributed by atoms with Crippen LogP contribution < -0.4 is 5.32 Å². The molecule has 0 bridgehead atoms. The molecule has 1 aliphatic rings. The molecular weight excluding hydrogens is 381 g/mol. The number of aromatic nitrogens is 3. The zero-order valence-corrected chi connectivity index (χ0v) is 15.1. The average molecular weight is 396 g/mol. The predicted molar refractivity (Wildman–Crippen MR) is 102 cm³/mol. The van der Waals surface area contributed by atoms with Gasteiger partial charge in [0.2, 0.25) is 0 Å². The molecule has 0 saturated heterocycles. The summed E-state index contributed by atoms with van der Waals surface area (Å²) in [6.07, 6.45) is 0.742. The largest absolute Gasteiger partial charge is 0.416 e. The standard InChI is InChI=1S/C21H15F3N4O/c22-21(23,24)12-3-7-14(8-4-12)28-18-11-26-17(20(29)27-13-5-6-13)10-16(18)15-2-1-9-25-19(15)28/h1-4,7-11,13H,5-6H2,(H,27,29). The van der Waals surface area contributed by atoms with Gasteiger partial charge in [0.15, 0.2) is 0 Å². The van der Waals surface area contributed by atoms with Crippen LogP contribution >= 0.6 is 0 Å². The summed E-state index contributed by atoms with van der Waals surface area (Å²) in [4.78, 5) is 21.1. The minimum absolute atomic E-state index is 0.218. The van der Waals surface area contributed by atoms with Gasteiger partial charge in [-0.15, -0.1) is 0 Å². The summed E-state index contributed by atoms with van der Waals surface area (Å²) in [6.45, 7) is 0. The van der Waals surface area contributed by atoms with Crippen LogP contribution in [-0.2, 0) is 6.18 Å². The maximum absolute atomic E-state index is 12.9. The number of fused-ring (bicyclic) bond motifs is 3. The molecule has 8 heteroatoms. The SMILES string of the molecule is O=C(NC1CC1)c1cc2c3cccnc3n(-c3ccc(C(F)(F)F)cc3)c2cn1. The molecule has 0 atom stereocenters. The maximum Gasteiger partial charge on any atom is 0.416 e. The van der Waals surface area contributed by atoms with Crippen molar-refractivity contribution in [3.8, 4) is 5.69 Å². The van der Waals surface area contributed by atoms with Crippen LogP contribution in [0.2, 0.25) is 0 Å². The molecule has 1 fully saturated rings. The fourth-order valence-corrected chi connectivity index (χ4v) is 3.41. The van der Waals surface area contributed by atoms with Gasteiger partial charge in [-0.1, -0.05) is 0 Å². The lowest BCUT2D eigenvalue weighted by Crippen LogP contribution is -2.26. The van der Waals surface area contributed by atoms with Crippen molar-refractivity contribution in [2.75, 3.05) is 0 Å². The van der Waals surface area contributed by atoms with Gasteiger partial charge in [-0.25, -0.2) is 9.97 Å². The molecule has 3 aromatic heterocycles. The molecule has 1 amide bonds. The monoisotopic (exact) mass is 396 g/mol. The van der Waals surface area contributed by atoms with E-state index in [9.17, 15) is 18.0 Å². The van der Waals surface area contributed by atoms with Crippen LogP contribution in [-0.4, -0.2) is 26.5 Å². The van der Waals surface area contributed by atoms with Crippen LogP contribution in [0, 0.1) is 0 Å². The lowest BCUT2D eigenvalue weighted by Gasteiger charge is -2.10. The number of amides is 1. The lowest BCUT2D eigenvalue weighted by molar-refractivity contribution is -0.137. The first-order valence-corrected chi connectivity index (χ1v) is 9.15. The Bertz CT molecular complexity index is 1240. The molecule has 29 heavy (non-hydrogen) atoms. The van der Waals surface area contributed by atoms with Crippen LogP contribution in [0.4, 0.5) is 13.2 Å². The number of carbonyl (C=O) groups excluding carboxylic acids is 1. The summed E-state index contributed by atoms with van der Waals surface area (Å²) in [5, 5.41) is 4.48. The summed E-state index contributed by atoms with van der Waals surface area (Å²) in [5.41, 5.74) is 1.38. The van der Waals surface area contributed by atoms with Gasteiger partial charge in [0.1, 0.15) is 11.3 Å². The Morgan fingerprint density at radius 2 is 1.83 bits per heavy atom. The van der Waals surface area contributed by atoms with Gasteiger partial charge in [-0.3, -0.25) is 9.36 Å². The number of pyridine rings is 2. The quantitative estimate of drug-likeness (QED) is 0.555. The number of alkyl halides is 3. The number of nitrogens with zero attached hydrogens (tertiary/aromatic N) is 3. The Morgan fingerprint density at radius 3 is 2.52 bits per heavy atom. The smallest absolute Gasteiger partial charge is 0.348 e. The topological polar surface area (TPSA) is 59.8 Å². The minimum Gasteiger partial charge on any atom is -0.348 e. The second-order valence-electron chi connectivity index (χ2n) is 7.09. The van der Waals surface area contributed by atoms with Crippen molar-refractivity contribution in [3.05, 3.63) is 66.1 Å². The average Bonchev–Trinajstić information content (AvgIpc) is 3.46. The molecule has 5 rings (SSSR count). The molecule has 1 saturated carbocycles. The Balaban J connectivity index is 1.67. The molecule has 146 valence electrons. The zero-order chi connectivity index (χ0) is 20.2. The van der Waals surface area contributed by atoms with E-state index in [1.807, 2.05) is 6.07 Å². The van der Waals surface area contributed by atoms with E-state index in [0.717, 1.165) is 35.7 Å². The molecule has 1 aliphatic carbocycles.